The van der Waals surface area contributed by atoms with Crippen LogP contribution >= 0.6 is 23.1 Å². The van der Waals surface area contributed by atoms with E-state index in [4.69, 9.17) is 4.98 Å². The molecule has 0 aliphatic rings. The Morgan fingerprint density at radius 2 is 1.92 bits per heavy atom. The minimum atomic E-state index is 0.560. The third-order valence-corrected chi connectivity index (χ3v) is 5.34. The maximum absolute atomic E-state index is 9.30. The molecule has 1 aromatic carbocycles. The van der Waals surface area contributed by atoms with Crippen molar-refractivity contribution in [3.63, 3.8) is 0 Å². The Morgan fingerprint density at radius 1 is 1.12 bits per heavy atom. The van der Waals surface area contributed by atoms with Crippen LogP contribution in [-0.4, -0.2) is 15.0 Å². The lowest BCUT2D eigenvalue weighted by molar-refractivity contribution is 0.922. The standard InChI is InChI=1S/C18H16N4S2/c1-12-16(9-19)18(21-13(2)20-12)24-11-15-10-23-17(22-15)8-14-6-4-3-5-7-14/h3-7,10H,8,11H2,1-2H3. The van der Waals surface area contributed by atoms with E-state index in [1.807, 2.05) is 32.0 Å². The zero-order valence-electron chi connectivity index (χ0n) is 13.5. The van der Waals surface area contributed by atoms with Gasteiger partial charge in [-0.25, -0.2) is 15.0 Å². The van der Waals surface area contributed by atoms with E-state index in [1.54, 1.807) is 23.1 Å². The summed E-state index contributed by atoms with van der Waals surface area (Å²) in [5.74, 6) is 1.40. The summed E-state index contributed by atoms with van der Waals surface area (Å²) < 4.78 is 0. The van der Waals surface area contributed by atoms with Gasteiger partial charge in [0.2, 0.25) is 0 Å². The molecule has 0 saturated carbocycles. The Kier molecular flexibility index (Phi) is 5.24. The molecule has 0 aliphatic heterocycles. The molecule has 4 nitrogen and oxygen atoms in total. The number of nitrogens with zero attached hydrogens (tertiary/aromatic N) is 4. The zero-order chi connectivity index (χ0) is 16.9. The van der Waals surface area contributed by atoms with Gasteiger partial charge in [-0.05, 0) is 19.4 Å². The highest BCUT2D eigenvalue weighted by atomic mass is 32.2. The third-order valence-electron chi connectivity index (χ3n) is 3.43. The van der Waals surface area contributed by atoms with Gasteiger partial charge in [0.15, 0.2) is 0 Å². The summed E-state index contributed by atoms with van der Waals surface area (Å²) in [7, 11) is 0. The number of nitriles is 1. The van der Waals surface area contributed by atoms with Gasteiger partial charge in [0.25, 0.3) is 0 Å². The van der Waals surface area contributed by atoms with Crippen LogP contribution < -0.4 is 0 Å². The number of thiazole rings is 1. The molecule has 2 heterocycles. The Balaban J connectivity index is 1.69. The summed E-state index contributed by atoms with van der Waals surface area (Å²) in [5, 5.41) is 13.2. The summed E-state index contributed by atoms with van der Waals surface area (Å²) in [4.78, 5) is 13.3. The van der Waals surface area contributed by atoms with Crippen LogP contribution in [0.4, 0.5) is 0 Å². The van der Waals surface area contributed by atoms with Crippen molar-refractivity contribution in [1.29, 1.82) is 5.26 Å². The molecule has 24 heavy (non-hydrogen) atoms. The van der Waals surface area contributed by atoms with Crippen LogP contribution in [0, 0.1) is 25.2 Å². The number of benzene rings is 1. The lowest BCUT2D eigenvalue weighted by Crippen LogP contribution is -1.99. The van der Waals surface area contributed by atoms with Crippen LogP contribution in [0.1, 0.15) is 33.3 Å². The first-order valence-corrected chi connectivity index (χ1v) is 9.37. The largest absolute Gasteiger partial charge is 0.245 e. The average molecular weight is 352 g/mol. The van der Waals surface area contributed by atoms with E-state index in [2.05, 4.69) is 33.5 Å². The molecular formula is C18H16N4S2. The van der Waals surface area contributed by atoms with Gasteiger partial charge in [0.1, 0.15) is 22.5 Å². The number of hydrogen-bond donors (Lipinski definition) is 0. The summed E-state index contributed by atoms with van der Waals surface area (Å²) in [6.07, 6.45) is 0.853. The fourth-order valence-electron chi connectivity index (χ4n) is 2.32. The van der Waals surface area contributed by atoms with Crippen molar-refractivity contribution in [1.82, 2.24) is 15.0 Å². The second-order valence-corrected chi connectivity index (χ2v) is 7.24. The van der Waals surface area contributed by atoms with Gasteiger partial charge >= 0.3 is 0 Å². The number of aromatic nitrogens is 3. The van der Waals surface area contributed by atoms with E-state index in [-0.39, 0.29) is 0 Å². The van der Waals surface area contributed by atoms with E-state index in [9.17, 15) is 5.26 Å². The molecule has 0 atom stereocenters. The van der Waals surface area contributed by atoms with Crippen molar-refractivity contribution in [2.75, 3.05) is 0 Å². The third kappa shape index (κ3) is 3.99. The van der Waals surface area contributed by atoms with Crippen molar-refractivity contribution in [2.45, 2.75) is 31.0 Å². The van der Waals surface area contributed by atoms with Crippen molar-refractivity contribution in [2.24, 2.45) is 0 Å². The van der Waals surface area contributed by atoms with Crippen molar-refractivity contribution < 1.29 is 0 Å². The van der Waals surface area contributed by atoms with Gasteiger partial charge < -0.3 is 0 Å². The highest BCUT2D eigenvalue weighted by Gasteiger charge is 2.12. The Hall–Kier alpha value is -2.23. The maximum Gasteiger partial charge on any atom is 0.126 e. The van der Waals surface area contributed by atoms with Crippen molar-refractivity contribution >= 4 is 23.1 Å². The molecule has 0 fully saturated rings. The molecule has 6 heteroatoms. The monoisotopic (exact) mass is 352 g/mol. The first-order chi connectivity index (χ1) is 11.7. The molecule has 0 amide bonds. The van der Waals surface area contributed by atoms with Crippen LogP contribution in [0.3, 0.4) is 0 Å². The predicted octanol–water partition coefficient (Wildman–Crippen LogP) is 4.30. The minimum absolute atomic E-state index is 0.560. The number of rotatable bonds is 5. The highest BCUT2D eigenvalue weighted by Crippen LogP contribution is 2.26. The topological polar surface area (TPSA) is 62.5 Å². The SMILES string of the molecule is Cc1nc(C)c(C#N)c(SCc2csc(Cc3ccccc3)n2)n1. The zero-order valence-corrected chi connectivity index (χ0v) is 15.1. The molecule has 0 aliphatic carbocycles. The van der Waals surface area contributed by atoms with Crippen LogP contribution in [0.5, 0.6) is 0 Å². The second kappa shape index (κ2) is 7.56. The molecular weight excluding hydrogens is 336 g/mol. The van der Waals surface area contributed by atoms with Gasteiger partial charge in [0.05, 0.1) is 16.4 Å². The average Bonchev–Trinajstić information content (AvgIpc) is 3.01. The Morgan fingerprint density at radius 3 is 2.67 bits per heavy atom. The van der Waals surface area contributed by atoms with Crippen molar-refractivity contribution in [3.05, 3.63) is 69.1 Å². The Bertz CT molecular complexity index is 882. The van der Waals surface area contributed by atoms with Crippen molar-refractivity contribution in [3.8, 4) is 6.07 Å². The van der Waals surface area contributed by atoms with Gasteiger partial charge in [-0.15, -0.1) is 11.3 Å². The Labute approximate surface area is 149 Å². The van der Waals surface area contributed by atoms with Gasteiger partial charge in [-0.1, -0.05) is 42.1 Å². The number of thioether (sulfide) groups is 1. The number of hydrogen-bond acceptors (Lipinski definition) is 6. The van der Waals surface area contributed by atoms with Gasteiger partial charge in [-0.2, -0.15) is 5.26 Å². The summed E-state index contributed by atoms with van der Waals surface area (Å²) in [6, 6.07) is 12.5. The van der Waals surface area contributed by atoms with Crippen LogP contribution in [0.2, 0.25) is 0 Å². The predicted molar refractivity (Wildman–Crippen MR) is 97.1 cm³/mol. The highest BCUT2D eigenvalue weighted by molar-refractivity contribution is 7.98. The van der Waals surface area contributed by atoms with E-state index in [0.717, 1.165) is 27.8 Å². The minimum Gasteiger partial charge on any atom is -0.245 e. The summed E-state index contributed by atoms with van der Waals surface area (Å²) in [6.45, 7) is 3.69. The quantitative estimate of drug-likeness (QED) is 0.506. The van der Waals surface area contributed by atoms with E-state index in [1.165, 1.54) is 5.56 Å². The molecule has 3 rings (SSSR count). The molecule has 2 aromatic heterocycles. The number of aryl methyl sites for hydroxylation is 2. The normalized spacial score (nSPS) is 10.5. The molecule has 0 N–H and O–H groups in total. The molecule has 3 aromatic rings. The van der Waals surface area contributed by atoms with E-state index >= 15 is 0 Å². The summed E-state index contributed by atoms with van der Waals surface area (Å²) >= 11 is 3.22. The maximum atomic E-state index is 9.30. The molecule has 0 bridgehead atoms. The first kappa shape index (κ1) is 16.6. The molecule has 0 saturated heterocycles. The fraction of sp³-hybridized carbons (Fsp3) is 0.222. The second-order valence-electron chi connectivity index (χ2n) is 5.33. The molecule has 0 radical (unpaired) electrons. The van der Waals surface area contributed by atoms with Crippen LogP contribution in [0.15, 0.2) is 40.7 Å². The first-order valence-electron chi connectivity index (χ1n) is 7.51. The smallest absolute Gasteiger partial charge is 0.126 e. The molecule has 0 spiro atoms. The van der Waals surface area contributed by atoms with E-state index < -0.39 is 0 Å². The van der Waals surface area contributed by atoms with E-state index in [0.29, 0.717) is 17.1 Å². The lowest BCUT2D eigenvalue weighted by Gasteiger charge is -2.05. The molecule has 120 valence electrons. The molecule has 0 unspecified atom stereocenters. The summed E-state index contributed by atoms with van der Waals surface area (Å²) in [5.41, 5.74) is 3.58. The fourth-order valence-corrected chi connectivity index (χ4v) is 4.22. The lowest BCUT2D eigenvalue weighted by atomic mass is 10.2. The van der Waals surface area contributed by atoms with Gasteiger partial charge in [0, 0.05) is 17.6 Å². The van der Waals surface area contributed by atoms with Gasteiger partial charge in [-0.3, -0.25) is 0 Å². The van der Waals surface area contributed by atoms with Crippen LogP contribution in [0.25, 0.3) is 0 Å². The van der Waals surface area contributed by atoms with Crippen LogP contribution in [-0.2, 0) is 12.2 Å².